The molecule has 0 saturated carbocycles. The quantitative estimate of drug-likeness (QED) is 0.728. The first-order chi connectivity index (χ1) is 9.40. The highest BCUT2D eigenvalue weighted by atomic mass is 79.9. The van der Waals surface area contributed by atoms with Crippen molar-refractivity contribution in [1.29, 1.82) is 0 Å². The number of nitrogens with one attached hydrogen (secondary N) is 1. The van der Waals surface area contributed by atoms with Crippen molar-refractivity contribution in [2.45, 2.75) is 6.92 Å². The maximum atomic E-state index is 13.3. The van der Waals surface area contributed by atoms with Gasteiger partial charge in [-0.05, 0) is 62.5 Å². The molecule has 2 rings (SSSR count). The van der Waals surface area contributed by atoms with Gasteiger partial charge < -0.3 is 11.1 Å². The first kappa shape index (κ1) is 15.0. The fraction of sp³-hybridized carbons (Fsp3) is 0.0714. The molecule has 0 saturated heterocycles. The summed E-state index contributed by atoms with van der Waals surface area (Å²) in [7, 11) is 0. The molecule has 0 atom stereocenters. The minimum atomic E-state index is -0.565. The van der Waals surface area contributed by atoms with Crippen molar-refractivity contribution in [3.8, 4) is 0 Å². The number of carbonyl (C=O) groups is 1. The molecule has 0 aromatic heterocycles. The Morgan fingerprint density at radius 3 is 2.70 bits per heavy atom. The topological polar surface area (TPSA) is 55.1 Å². The first-order valence-corrected chi connectivity index (χ1v) is 7.29. The molecule has 6 heteroatoms. The fourth-order valence-electron chi connectivity index (χ4n) is 1.67. The Morgan fingerprint density at radius 2 is 2.00 bits per heavy atom. The van der Waals surface area contributed by atoms with Crippen molar-refractivity contribution in [1.82, 2.24) is 0 Å². The van der Waals surface area contributed by atoms with Crippen molar-refractivity contribution < 1.29 is 9.18 Å². The minimum Gasteiger partial charge on any atom is -0.396 e. The molecule has 3 nitrogen and oxygen atoms in total. The zero-order chi connectivity index (χ0) is 14.9. The van der Waals surface area contributed by atoms with Crippen LogP contribution in [0.4, 0.5) is 15.8 Å². The lowest BCUT2D eigenvalue weighted by molar-refractivity contribution is 0.102. The largest absolute Gasteiger partial charge is 0.396 e. The van der Waals surface area contributed by atoms with Crippen LogP contribution in [-0.4, -0.2) is 5.91 Å². The van der Waals surface area contributed by atoms with E-state index in [-0.39, 0.29) is 17.2 Å². The minimum absolute atomic E-state index is 0.0679. The van der Waals surface area contributed by atoms with Crippen LogP contribution in [0.25, 0.3) is 0 Å². The van der Waals surface area contributed by atoms with Gasteiger partial charge in [0.2, 0.25) is 0 Å². The predicted octanol–water partition coefficient (Wildman–Crippen LogP) is 4.49. The molecule has 0 heterocycles. The lowest BCUT2D eigenvalue weighted by atomic mass is 10.1. The molecule has 0 radical (unpaired) electrons. The van der Waals surface area contributed by atoms with E-state index in [0.717, 1.165) is 10.0 Å². The number of rotatable bonds is 2. The highest BCUT2D eigenvalue weighted by Crippen LogP contribution is 2.28. The first-order valence-electron chi connectivity index (χ1n) is 5.71. The van der Waals surface area contributed by atoms with Crippen LogP contribution in [0.3, 0.4) is 0 Å². The van der Waals surface area contributed by atoms with Gasteiger partial charge in [0.1, 0.15) is 5.82 Å². The van der Waals surface area contributed by atoms with Crippen molar-refractivity contribution in [2.75, 3.05) is 11.1 Å². The number of halogens is 3. The van der Waals surface area contributed by atoms with Crippen LogP contribution in [0.15, 0.2) is 39.3 Å². The molecular formula is C14H11Br2FN2O. The molecule has 0 aliphatic rings. The molecule has 1 amide bonds. The Balaban J connectivity index is 2.33. The zero-order valence-corrected chi connectivity index (χ0v) is 13.7. The number of nitrogens with two attached hydrogens (primary N) is 1. The lowest BCUT2D eigenvalue weighted by Crippen LogP contribution is -2.14. The number of aryl methyl sites for hydroxylation is 1. The third-order valence-corrected chi connectivity index (χ3v) is 4.48. The Bertz CT molecular complexity index is 689. The molecule has 0 aliphatic carbocycles. The Hall–Kier alpha value is -1.40. The van der Waals surface area contributed by atoms with E-state index in [1.165, 1.54) is 12.1 Å². The summed E-state index contributed by atoms with van der Waals surface area (Å²) in [6, 6.07) is 8.01. The summed E-state index contributed by atoms with van der Waals surface area (Å²) in [4.78, 5) is 12.2. The Kier molecular flexibility index (Phi) is 4.45. The third-order valence-electron chi connectivity index (χ3n) is 2.77. The number of benzene rings is 2. The van der Waals surface area contributed by atoms with Gasteiger partial charge >= 0.3 is 0 Å². The second-order valence-electron chi connectivity index (χ2n) is 4.24. The van der Waals surface area contributed by atoms with Crippen LogP contribution in [0.1, 0.15) is 15.9 Å². The van der Waals surface area contributed by atoms with E-state index >= 15 is 0 Å². The van der Waals surface area contributed by atoms with Gasteiger partial charge in [0.05, 0.1) is 16.9 Å². The average molecular weight is 402 g/mol. The van der Waals surface area contributed by atoms with Gasteiger partial charge in [0.15, 0.2) is 0 Å². The number of hydrogen-bond acceptors (Lipinski definition) is 2. The van der Waals surface area contributed by atoms with E-state index in [0.29, 0.717) is 10.2 Å². The predicted molar refractivity (Wildman–Crippen MR) is 85.3 cm³/mol. The normalized spacial score (nSPS) is 10.4. The smallest absolute Gasteiger partial charge is 0.256 e. The standard InChI is InChI=1S/C14H11Br2FN2O/c1-7-3-2-4-12(13(7)16)19-14(20)8-5-11(18)10(17)6-9(8)15/h2-6H,18H2,1H3,(H,19,20). The summed E-state index contributed by atoms with van der Waals surface area (Å²) >= 11 is 6.57. The van der Waals surface area contributed by atoms with Gasteiger partial charge in [-0.1, -0.05) is 12.1 Å². The van der Waals surface area contributed by atoms with E-state index in [9.17, 15) is 9.18 Å². The highest BCUT2D eigenvalue weighted by Gasteiger charge is 2.15. The second kappa shape index (κ2) is 5.93. The maximum absolute atomic E-state index is 13.3. The molecule has 104 valence electrons. The molecule has 0 spiro atoms. The molecule has 20 heavy (non-hydrogen) atoms. The van der Waals surface area contributed by atoms with Crippen molar-refractivity contribution in [3.05, 3.63) is 56.2 Å². The van der Waals surface area contributed by atoms with E-state index < -0.39 is 5.82 Å². The number of hydrogen-bond donors (Lipinski definition) is 2. The number of anilines is 2. The molecule has 0 aliphatic heterocycles. The van der Waals surface area contributed by atoms with E-state index in [2.05, 4.69) is 37.2 Å². The van der Waals surface area contributed by atoms with E-state index in [1.54, 1.807) is 6.07 Å². The summed E-state index contributed by atoms with van der Waals surface area (Å²) in [5.74, 6) is -0.931. The van der Waals surface area contributed by atoms with Gasteiger partial charge in [0.25, 0.3) is 5.91 Å². The van der Waals surface area contributed by atoms with Gasteiger partial charge in [-0.15, -0.1) is 0 Å². The average Bonchev–Trinajstić information content (AvgIpc) is 2.39. The van der Waals surface area contributed by atoms with Crippen LogP contribution in [0.5, 0.6) is 0 Å². The summed E-state index contributed by atoms with van der Waals surface area (Å²) < 4.78 is 14.4. The second-order valence-corrected chi connectivity index (χ2v) is 5.89. The highest BCUT2D eigenvalue weighted by molar-refractivity contribution is 9.11. The summed E-state index contributed by atoms with van der Waals surface area (Å²) in [6.45, 7) is 1.92. The summed E-state index contributed by atoms with van der Waals surface area (Å²) in [6.07, 6.45) is 0. The van der Waals surface area contributed by atoms with Crippen LogP contribution < -0.4 is 11.1 Å². The molecule has 0 unspecified atom stereocenters. The SMILES string of the molecule is Cc1cccc(NC(=O)c2cc(N)c(F)cc2Br)c1Br. The molecule has 2 aromatic carbocycles. The number of amides is 1. The number of nitrogen functional groups attached to an aromatic ring is 1. The van der Waals surface area contributed by atoms with Crippen LogP contribution >= 0.6 is 31.9 Å². The Morgan fingerprint density at radius 1 is 1.30 bits per heavy atom. The number of carbonyl (C=O) groups excluding carboxylic acids is 1. The van der Waals surface area contributed by atoms with Crippen molar-refractivity contribution in [2.24, 2.45) is 0 Å². The van der Waals surface area contributed by atoms with Crippen LogP contribution in [0, 0.1) is 12.7 Å². The fourth-order valence-corrected chi connectivity index (χ4v) is 2.53. The lowest BCUT2D eigenvalue weighted by Gasteiger charge is -2.11. The summed E-state index contributed by atoms with van der Waals surface area (Å²) in [5.41, 5.74) is 7.34. The van der Waals surface area contributed by atoms with Gasteiger partial charge in [-0.3, -0.25) is 4.79 Å². The molecule has 2 aromatic rings. The maximum Gasteiger partial charge on any atom is 0.256 e. The van der Waals surface area contributed by atoms with Gasteiger partial charge in [-0.25, -0.2) is 4.39 Å². The van der Waals surface area contributed by atoms with E-state index in [1.807, 2.05) is 19.1 Å². The van der Waals surface area contributed by atoms with Gasteiger partial charge in [0, 0.05) is 8.95 Å². The Labute approximate surface area is 132 Å². The zero-order valence-electron chi connectivity index (χ0n) is 10.5. The van der Waals surface area contributed by atoms with E-state index in [4.69, 9.17) is 5.73 Å². The third kappa shape index (κ3) is 3.02. The molecule has 0 bridgehead atoms. The molecule has 3 N–H and O–H groups in total. The van der Waals surface area contributed by atoms with Crippen LogP contribution in [-0.2, 0) is 0 Å². The van der Waals surface area contributed by atoms with Gasteiger partial charge in [-0.2, -0.15) is 0 Å². The van der Waals surface area contributed by atoms with Crippen molar-refractivity contribution >= 4 is 49.1 Å². The molecular weight excluding hydrogens is 391 g/mol. The molecule has 0 fully saturated rings. The monoisotopic (exact) mass is 400 g/mol. The van der Waals surface area contributed by atoms with Crippen LogP contribution in [0.2, 0.25) is 0 Å². The van der Waals surface area contributed by atoms with Crippen molar-refractivity contribution in [3.63, 3.8) is 0 Å². The summed E-state index contributed by atoms with van der Waals surface area (Å²) in [5, 5.41) is 2.76.